The number of hydrogen-bond acceptors (Lipinski definition) is 4. The van der Waals surface area contributed by atoms with Crippen LogP contribution in [0.3, 0.4) is 0 Å². The zero-order valence-corrected chi connectivity index (χ0v) is 11.2. The number of piperazine rings is 1. The minimum Gasteiger partial charge on any atom is -0.333 e. The minimum atomic E-state index is -0.577. The lowest BCUT2D eigenvalue weighted by Gasteiger charge is -2.34. The summed E-state index contributed by atoms with van der Waals surface area (Å²) in [5, 5.41) is 14.3. The number of nitrogens with one attached hydrogen (secondary N) is 1. The fourth-order valence-corrected chi connectivity index (χ4v) is 2.41. The van der Waals surface area contributed by atoms with Crippen LogP contribution in [0, 0.1) is 10.1 Å². The molecule has 0 bridgehead atoms. The molecule has 0 saturated carbocycles. The normalized spacial score (nSPS) is 19.3. The number of carbonyl (C=O) groups is 1. The molecule has 1 aromatic carbocycles. The first kappa shape index (κ1) is 13.8. The molecule has 0 unspecified atom stereocenters. The highest BCUT2D eigenvalue weighted by atomic mass is 35.5. The molecule has 7 heteroatoms. The van der Waals surface area contributed by atoms with Crippen LogP contribution in [-0.2, 0) is 0 Å². The van der Waals surface area contributed by atoms with Crippen LogP contribution < -0.4 is 5.32 Å². The van der Waals surface area contributed by atoms with Crippen molar-refractivity contribution in [3.8, 4) is 0 Å². The first-order valence-corrected chi connectivity index (χ1v) is 6.34. The smallest absolute Gasteiger partial charge is 0.283 e. The molecule has 0 aromatic heterocycles. The molecular weight excluding hydrogens is 270 g/mol. The number of carbonyl (C=O) groups excluding carboxylic acids is 1. The van der Waals surface area contributed by atoms with Gasteiger partial charge in [-0.15, -0.1) is 0 Å². The molecular formula is C12H14ClN3O3. The second-order valence-corrected chi connectivity index (χ2v) is 4.85. The van der Waals surface area contributed by atoms with Gasteiger partial charge in [-0.05, 0) is 13.0 Å². The third-order valence-electron chi connectivity index (χ3n) is 3.16. The van der Waals surface area contributed by atoms with Crippen LogP contribution in [0.15, 0.2) is 18.2 Å². The zero-order valence-electron chi connectivity index (χ0n) is 10.4. The Morgan fingerprint density at radius 2 is 2.32 bits per heavy atom. The zero-order chi connectivity index (χ0) is 14.0. The van der Waals surface area contributed by atoms with Gasteiger partial charge in [-0.3, -0.25) is 14.9 Å². The van der Waals surface area contributed by atoms with E-state index in [2.05, 4.69) is 5.32 Å². The number of nitro benzene ring substituents is 1. The predicted octanol–water partition coefficient (Wildman–Crippen LogP) is 1.68. The van der Waals surface area contributed by atoms with Crippen molar-refractivity contribution >= 4 is 23.2 Å². The van der Waals surface area contributed by atoms with E-state index in [1.807, 2.05) is 6.92 Å². The lowest BCUT2D eigenvalue weighted by molar-refractivity contribution is -0.385. The summed E-state index contributed by atoms with van der Waals surface area (Å²) in [4.78, 5) is 24.5. The van der Waals surface area contributed by atoms with E-state index < -0.39 is 4.92 Å². The molecule has 1 amide bonds. The van der Waals surface area contributed by atoms with E-state index >= 15 is 0 Å². The highest BCUT2D eigenvalue weighted by Crippen LogP contribution is 2.28. The number of benzene rings is 1. The van der Waals surface area contributed by atoms with Gasteiger partial charge in [-0.2, -0.15) is 0 Å². The van der Waals surface area contributed by atoms with Crippen molar-refractivity contribution in [2.45, 2.75) is 13.0 Å². The van der Waals surface area contributed by atoms with Crippen molar-refractivity contribution in [3.63, 3.8) is 0 Å². The number of nitrogens with zero attached hydrogens (tertiary/aromatic N) is 2. The van der Waals surface area contributed by atoms with E-state index in [0.717, 1.165) is 0 Å². The van der Waals surface area contributed by atoms with Crippen molar-refractivity contribution in [2.24, 2.45) is 0 Å². The summed E-state index contributed by atoms with van der Waals surface area (Å²) in [5.41, 5.74) is -0.272. The summed E-state index contributed by atoms with van der Waals surface area (Å²) in [5.74, 6) is -0.383. The summed E-state index contributed by atoms with van der Waals surface area (Å²) in [6, 6.07) is 4.25. The molecule has 1 atom stereocenters. The van der Waals surface area contributed by atoms with Crippen LogP contribution in [0.4, 0.5) is 5.69 Å². The number of halogens is 1. The number of hydrogen-bond donors (Lipinski definition) is 1. The monoisotopic (exact) mass is 283 g/mol. The van der Waals surface area contributed by atoms with Gasteiger partial charge in [0.2, 0.25) is 0 Å². The van der Waals surface area contributed by atoms with Crippen molar-refractivity contribution < 1.29 is 9.72 Å². The van der Waals surface area contributed by atoms with E-state index in [4.69, 9.17) is 11.6 Å². The maximum Gasteiger partial charge on any atom is 0.283 e. The first-order valence-electron chi connectivity index (χ1n) is 5.97. The lowest BCUT2D eigenvalue weighted by Crippen LogP contribution is -2.52. The standard InChI is InChI=1S/C12H14ClN3O3/c1-8-7-14-5-6-15(8)12(17)11-9(13)3-2-4-10(11)16(18)19/h2-4,8,14H,5-7H2,1H3/t8-/m0/s1. The summed E-state index contributed by atoms with van der Waals surface area (Å²) >= 11 is 5.97. The lowest BCUT2D eigenvalue weighted by atomic mass is 10.1. The summed E-state index contributed by atoms with van der Waals surface area (Å²) in [6.07, 6.45) is 0. The third-order valence-corrected chi connectivity index (χ3v) is 3.48. The Bertz CT molecular complexity index is 521. The highest BCUT2D eigenvalue weighted by molar-refractivity contribution is 6.34. The van der Waals surface area contributed by atoms with Gasteiger partial charge in [0.1, 0.15) is 5.56 Å². The Balaban J connectivity index is 2.40. The van der Waals surface area contributed by atoms with Crippen molar-refractivity contribution in [2.75, 3.05) is 19.6 Å². The Labute approximate surface area is 115 Å². The molecule has 102 valence electrons. The van der Waals surface area contributed by atoms with E-state index in [9.17, 15) is 14.9 Å². The average Bonchev–Trinajstić information content (AvgIpc) is 2.38. The number of amides is 1. The van der Waals surface area contributed by atoms with E-state index in [1.54, 1.807) is 4.90 Å². The van der Waals surface area contributed by atoms with Crippen molar-refractivity contribution in [1.82, 2.24) is 10.2 Å². The number of rotatable bonds is 2. The van der Waals surface area contributed by atoms with Gasteiger partial charge in [-0.25, -0.2) is 0 Å². The summed E-state index contributed by atoms with van der Waals surface area (Å²) < 4.78 is 0. The van der Waals surface area contributed by atoms with Crippen LogP contribution in [0.5, 0.6) is 0 Å². The maximum absolute atomic E-state index is 12.5. The molecule has 0 radical (unpaired) electrons. The van der Waals surface area contributed by atoms with Crippen LogP contribution >= 0.6 is 11.6 Å². The molecule has 1 aliphatic rings. The molecule has 1 aromatic rings. The molecule has 1 N–H and O–H groups in total. The van der Waals surface area contributed by atoms with Gasteiger partial charge < -0.3 is 10.2 Å². The molecule has 0 aliphatic carbocycles. The van der Waals surface area contributed by atoms with Gasteiger partial charge in [-0.1, -0.05) is 17.7 Å². The molecule has 19 heavy (non-hydrogen) atoms. The molecule has 0 spiro atoms. The molecule has 1 fully saturated rings. The van der Waals surface area contributed by atoms with Crippen LogP contribution in [0.2, 0.25) is 5.02 Å². The Morgan fingerprint density at radius 3 is 2.95 bits per heavy atom. The molecule has 2 rings (SSSR count). The Hall–Kier alpha value is -1.66. The van der Waals surface area contributed by atoms with Gasteiger partial charge in [0.15, 0.2) is 0 Å². The minimum absolute atomic E-state index is 0.0165. The Kier molecular flexibility index (Phi) is 4.01. The second-order valence-electron chi connectivity index (χ2n) is 4.44. The topological polar surface area (TPSA) is 75.5 Å². The molecule has 1 saturated heterocycles. The predicted molar refractivity (Wildman–Crippen MR) is 71.5 cm³/mol. The van der Waals surface area contributed by atoms with Gasteiger partial charge in [0, 0.05) is 31.7 Å². The largest absolute Gasteiger partial charge is 0.333 e. The SMILES string of the molecule is C[C@H]1CNCCN1C(=O)c1c(Cl)cccc1[N+](=O)[O-]. The second kappa shape index (κ2) is 5.54. The van der Waals surface area contributed by atoms with Crippen LogP contribution in [0.1, 0.15) is 17.3 Å². The summed E-state index contributed by atoms with van der Waals surface area (Å²) in [6.45, 7) is 3.76. The van der Waals surface area contributed by atoms with Crippen LogP contribution in [0.25, 0.3) is 0 Å². The highest BCUT2D eigenvalue weighted by Gasteiger charge is 2.30. The van der Waals surface area contributed by atoms with E-state index in [1.165, 1.54) is 18.2 Å². The number of nitro groups is 1. The molecule has 1 heterocycles. The fourth-order valence-electron chi connectivity index (χ4n) is 2.16. The van der Waals surface area contributed by atoms with Gasteiger partial charge in [0.25, 0.3) is 11.6 Å². The summed E-state index contributed by atoms with van der Waals surface area (Å²) in [7, 11) is 0. The molecule has 6 nitrogen and oxygen atoms in total. The van der Waals surface area contributed by atoms with Gasteiger partial charge >= 0.3 is 0 Å². The quantitative estimate of drug-likeness (QED) is 0.662. The van der Waals surface area contributed by atoms with Crippen LogP contribution in [-0.4, -0.2) is 41.4 Å². The first-order chi connectivity index (χ1) is 9.02. The third kappa shape index (κ3) is 2.69. The fraction of sp³-hybridized carbons (Fsp3) is 0.417. The average molecular weight is 284 g/mol. The Morgan fingerprint density at radius 1 is 1.58 bits per heavy atom. The van der Waals surface area contributed by atoms with E-state index in [0.29, 0.717) is 19.6 Å². The molecule has 1 aliphatic heterocycles. The maximum atomic E-state index is 12.5. The van der Waals surface area contributed by atoms with Crippen molar-refractivity contribution in [3.05, 3.63) is 38.9 Å². The van der Waals surface area contributed by atoms with Crippen molar-refractivity contribution in [1.29, 1.82) is 0 Å². The van der Waals surface area contributed by atoms with E-state index in [-0.39, 0.29) is 28.2 Å². The van der Waals surface area contributed by atoms with Gasteiger partial charge in [0.05, 0.1) is 9.95 Å².